The lowest BCUT2D eigenvalue weighted by Crippen LogP contribution is -2.40. The molecule has 22 heavy (non-hydrogen) atoms. The summed E-state index contributed by atoms with van der Waals surface area (Å²) in [6, 6.07) is 3.06. The number of benzene rings is 1. The lowest BCUT2D eigenvalue weighted by molar-refractivity contribution is -0.387. The molecule has 0 aliphatic heterocycles. The highest BCUT2D eigenvalue weighted by molar-refractivity contribution is 5.85. The van der Waals surface area contributed by atoms with E-state index in [1.54, 1.807) is 0 Å². The third-order valence-corrected chi connectivity index (χ3v) is 3.25. The van der Waals surface area contributed by atoms with Gasteiger partial charge < -0.3 is 15.8 Å². The summed E-state index contributed by atoms with van der Waals surface area (Å²) in [4.78, 5) is 21.2. The first-order valence-electron chi connectivity index (χ1n) is 6.56. The van der Waals surface area contributed by atoms with Gasteiger partial charge in [0.05, 0.1) is 4.92 Å². The predicted molar refractivity (Wildman–Crippen MR) is 79.5 cm³/mol. The monoisotopic (exact) mass is 333 g/mol. The molecule has 122 valence electrons. The van der Waals surface area contributed by atoms with Gasteiger partial charge in [-0.05, 0) is 24.8 Å². The first-order chi connectivity index (χ1) is 9.97. The van der Waals surface area contributed by atoms with Crippen LogP contribution in [0.25, 0.3) is 0 Å². The van der Waals surface area contributed by atoms with Crippen molar-refractivity contribution >= 4 is 24.0 Å². The lowest BCUT2D eigenvalue weighted by atomic mass is 10.2. The summed E-state index contributed by atoms with van der Waals surface area (Å²) in [5, 5.41) is 13.1. The third-order valence-electron chi connectivity index (χ3n) is 3.25. The lowest BCUT2D eigenvalue weighted by Gasteiger charge is -2.12. The summed E-state index contributed by atoms with van der Waals surface area (Å²) in [7, 11) is 0. The van der Waals surface area contributed by atoms with Crippen molar-refractivity contribution in [2.45, 2.75) is 18.9 Å². The Bertz CT molecular complexity index is 554. The zero-order valence-corrected chi connectivity index (χ0v) is 12.5. The summed E-state index contributed by atoms with van der Waals surface area (Å²) in [5.41, 5.74) is 5.19. The fourth-order valence-corrected chi connectivity index (χ4v) is 1.85. The number of nitrogens with two attached hydrogens (primary N) is 1. The van der Waals surface area contributed by atoms with Gasteiger partial charge in [-0.2, -0.15) is 4.39 Å². The molecule has 1 aliphatic carbocycles. The Labute approximate surface area is 132 Å². The Balaban J connectivity index is 0.00000242. The number of nitro benzene ring substituents is 1. The number of carbonyl (C=O) groups excluding carboxylic acids is 1. The zero-order chi connectivity index (χ0) is 15.4. The van der Waals surface area contributed by atoms with Gasteiger partial charge in [-0.15, -0.1) is 12.4 Å². The second kappa shape index (κ2) is 7.90. The van der Waals surface area contributed by atoms with Crippen LogP contribution in [0.15, 0.2) is 18.2 Å². The molecule has 3 N–H and O–H groups in total. The summed E-state index contributed by atoms with van der Waals surface area (Å²) in [6.07, 6.45) is 2.19. The van der Waals surface area contributed by atoms with Crippen LogP contribution in [-0.2, 0) is 4.79 Å². The van der Waals surface area contributed by atoms with E-state index in [4.69, 9.17) is 10.5 Å². The van der Waals surface area contributed by atoms with E-state index in [2.05, 4.69) is 5.32 Å². The Kier molecular flexibility index (Phi) is 6.51. The van der Waals surface area contributed by atoms with Gasteiger partial charge in [0.25, 0.3) is 5.91 Å². The fraction of sp³-hybridized carbons (Fsp3) is 0.462. The molecule has 0 saturated heterocycles. The van der Waals surface area contributed by atoms with E-state index >= 15 is 0 Å². The van der Waals surface area contributed by atoms with Crippen molar-refractivity contribution in [3.05, 3.63) is 34.1 Å². The van der Waals surface area contributed by atoms with E-state index in [0.29, 0.717) is 12.5 Å². The molecule has 0 heterocycles. The molecule has 1 aromatic rings. The fourth-order valence-electron chi connectivity index (χ4n) is 1.85. The summed E-state index contributed by atoms with van der Waals surface area (Å²) in [5.74, 6) is -0.840. The average molecular weight is 334 g/mol. The molecule has 0 spiro atoms. The molecule has 1 aromatic carbocycles. The molecule has 1 unspecified atom stereocenters. The van der Waals surface area contributed by atoms with Crippen LogP contribution in [0.1, 0.15) is 12.8 Å². The molecular weight excluding hydrogens is 317 g/mol. The average Bonchev–Trinajstić information content (AvgIpc) is 3.26. The highest BCUT2D eigenvalue weighted by Gasteiger charge is 2.28. The maximum absolute atomic E-state index is 13.3. The Morgan fingerprint density at radius 1 is 1.55 bits per heavy atom. The van der Waals surface area contributed by atoms with Crippen molar-refractivity contribution in [1.82, 2.24) is 5.32 Å². The Morgan fingerprint density at radius 2 is 2.23 bits per heavy atom. The maximum atomic E-state index is 13.3. The van der Waals surface area contributed by atoms with Crippen molar-refractivity contribution in [1.29, 1.82) is 0 Å². The largest absolute Gasteiger partial charge is 0.484 e. The van der Waals surface area contributed by atoms with Crippen LogP contribution in [0.2, 0.25) is 0 Å². The van der Waals surface area contributed by atoms with E-state index in [-0.39, 0.29) is 36.7 Å². The van der Waals surface area contributed by atoms with Gasteiger partial charge in [-0.3, -0.25) is 14.9 Å². The van der Waals surface area contributed by atoms with Crippen molar-refractivity contribution in [3.8, 4) is 5.75 Å². The molecule has 1 aliphatic rings. The number of ether oxygens (including phenoxy) is 1. The van der Waals surface area contributed by atoms with Gasteiger partial charge >= 0.3 is 5.69 Å². The molecule has 0 radical (unpaired) electrons. The zero-order valence-electron chi connectivity index (χ0n) is 11.7. The van der Waals surface area contributed by atoms with Gasteiger partial charge in [-0.25, -0.2) is 0 Å². The number of hydrogen-bond donors (Lipinski definition) is 2. The topological polar surface area (TPSA) is 107 Å². The van der Waals surface area contributed by atoms with E-state index in [1.165, 1.54) is 6.07 Å². The molecule has 2 rings (SSSR count). The van der Waals surface area contributed by atoms with Crippen molar-refractivity contribution in [2.24, 2.45) is 11.7 Å². The molecule has 0 bridgehead atoms. The molecule has 1 saturated carbocycles. The van der Waals surface area contributed by atoms with Crippen molar-refractivity contribution < 1.29 is 18.8 Å². The molecular formula is C13H17ClFN3O4. The quantitative estimate of drug-likeness (QED) is 0.579. The second-order valence-electron chi connectivity index (χ2n) is 4.96. The number of carbonyl (C=O) groups is 1. The molecule has 9 heteroatoms. The van der Waals surface area contributed by atoms with Crippen molar-refractivity contribution in [3.63, 3.8) is 0 Å². The standard InChI is InChI=1S/C13H16FN3O4.ClH/c14-10-5-9(3-4-12(10)17(19)20)21-7-13(18)16-6-11(15)8-1-2-8;/h3-5,8,11H,1-2,6-7,15H2,(H,16,18);1H. The second-order valence-corrected chi connectivity index (χ2v) is 4.96. The van der Waals surface area contributed by atoms with Crippen LogP contribution in [-0.4, -0.2) is 30.0 Å². The Morgan fingerprint density at radius 3 is 2.77 bits per heavy atom. The van der Waals surface area contributed by atoms with Crippen LogP contribution in [0.4, 0.5) is 10.1 Å². The summed E-state index contributed by atoms with van der Waals surface area (Å²) >= 11 is 0. The molecule has 1 amide bonds. The third kappa shape index (κ3) is 5.12. The highest BCUT2D eigenvalue weighted by atomic mass is 35.5. The first kappa shape index (κ1) is 18.1. The molecule has 1 atom stereocenters. The number of nitrogens with zero attached hydrogens (tertiary/aromatic N) is 1. The van der Waals surface area contributed by atoms with E-state index < -0.39 is 16.4 Å². The molecule has 7 nitrogen and oxygen atoms in total. The van der Waals surface area contributed by atoms with E-state index in [9.17, 15) is 19.3 Å². The van der Waals surface area contributed by atoms with Gasteiger partial charge in [0.1, 0.15) is 5.75 Å². The molecule has 1 fully saturated rings. The number of amides is 1. The summed E-state index contributed by atoms with van der Waals surface area (Å²) < 4.78 is 18.4. The van der Waals surface area contributed by atoms with E-state index in [1.807, 2.05) is 0 Å². The minimum Gasteiger partial charge on any atom is -0.484 e. The van der Waals surface area contributed by atoms with Crippen LogP contribution in [0.3, 0.4) is 0 Å². The predicted octanol–water partition coefficient (Wildman–Crippen LogP) is 1.39. The van der Waals surface area contributed by atoms with Gasteiger partial charge in [0.2, 0.25) is 5.82 Å². The van der Waals surface area contributed by atoms with Crippen LogP contribution in [0.5, 0.6) is 5.75 Å². The summed E-state index contributed by atoms with van der Waals surface area (Å²) in [6.45, 7) is 0.0795. The van der Waals surface area contributed by atoms with Crippen LogP contribution in [0, 0.1) is 21.8 Å². The Hall–Kier alpha value is -1.93. The normalized spacial score (nSPS) is 14.6. The van der Waals surface area contributed by atoms with E-state index in [0.717, 1.165) is 25.0 Å². The minimum absolute atomic E-state index is 0. The highest BCUT2D eigenvalue weighted by Crippen LogP contribution is 2.31. The van der Waals surface area contributed by atoms with Crippen LogP contribution >= 0.6 is 12.4 Å². The van der Waals surface area contributed by atoms with Gasteiger partial charge in [0, 0.05) is 24.7 Å². The number of nitrogens with one attached hydrogen (secondary N) is 1. The molecule has 0 aromatic heterocycles. The smallest absolute Gasteiger partial charge is 0.305 e. The van der Waals surface area contributed by atoms with Crippen molar-refractivity contribution in [2.75, 3.05) is 13.2 Å². The minimum atomic E-state index is -1.01. The number of hydrogen-bond acceptors (Lipinski definition) is 5. The number of halogens is 2. The van der Waals surface area contributed by atoms with Gasteiger partial charge in [-0.1, -0.05) is 0 Å². The number of rotatable bonds is 7. The first-order valence-corrected chi connectivity index (χ1v) is 6.56. The SMILES string of the molecule is Cl.NC(CNC(=O)COc1ccc([N+](=O)[O-])c(F)c1)C1CC1. The van der Waals surface area contributed by atoms with Gasteiger partial charge in [0.15, 0.2) is 6.61 Å². The number of nitro groups is 1. The van der Waals surface area contributed by atoms with Crippen LogP contribution < -0.4 is 15.8 Å². The maximum Gasteiger partial charge on any atom is 0.305 e.